The van der Waals surface area contributed by atoms with Gasteiger partial charge in [0.15, 0.2) is 7.38 Å². The molecular formula is C13H21ClSi. The second kappa shape index (κ2) is 4.71. The summed E-state index contributed by atoms with van der Waals surface area (Å²) in [7, 11) is -1.73. The summed E-state index contributed by atoms with van der Waals surface area (Å²) in [5.41, 5.74) is 2.65. The zero-order valence-electron chi connectivity index (χ0n) is 10.4. The first kappa shape index (κ1) is 12.8. The summed E-state index contributed by atoms with van der Waals surface area (Å²) in [6, 6.07) is 7.88. The molecule has 0 bridgehead atoms. The minimum atomic E-state index is -1.73. The van der Waals surface area contributed by atoms with Crippen molar-refractivity contribution in [3.8, 4) is 0 Å². The summed E-state index contributed by atoms with van der Waals surface area (Å²) >= 11 is 6.74. The van der Waals surface area contributed by atoms with Crippen molar-refractivity contribution in [2.24, 2.45) is 5.92 Å². The minimum Gasteiger partial charge on any atom is -0.161 e. The summed E-state index contributed by atoms with van der Waals surface area (Å²) in [6.07, 6.45) is 0. The van der Waals surface area contributed by atoms with Gasteiger partial charge in [-0.1, -0.05) is 49.7 Å². The Morgan fingerprint density at radius 1 is 1.13 bits per heavy atom. The van der Waals surface area contributed by atoms with Crippen LogP contribution in [0.3, 0.4) is 0 Å². The van der Waals surface area contributed by atoms with E-state index in [0.717, 1.165) is 6.04 Å². The zero-order valence-corrected chi connectivity index (χ0v) is 12.2. The topological polar surface area (TPSA) is 0 Å². The van der Waals surface area contributed by atoms with Crippen LogP contribution < -0.4 is 5.19 Å². The summed E-state index contributed by atoms with van der Waals surface area (Å²) in [5.74, 6) is 0.681. The van der Waals surface area contributed by atoms with Crippen LogP contribution in [0, 0.1) is 19.8 Å². The van der Waals surface area contributed by atoms with E-state index in [9.17, 15) is 0 Å². The molecule has 0 amide bonds. The summed E-state index contributed by atoms with van der Waals surface area (Å²) in [5, 5.41) is 1.38. The number of aryl methyl sites for hydroxylation is 2. The van der Waals surface area contributed by atoms with Gasteiger partial charge in [0.2, 0.25) is 0 Å². The third kappa shape index (κ3) is 3.65. The first-order valence-electron chi connectivity index (χ1n) is 5.59. The molecule has 0 aliphatic heterocycles. The van der Waals surface area contributed by atoms with E-state index in [1.165, 1.54) is 16.3 Å². The molecule has 0 fully saturated rings. The van der Waals surface area contributed by atoms with Crippen molar-refractivity contribution >= 4 is 23.6 Å². The van der Waals surface area contributed by atoms with Crippen LogP contribution in [0.15, 0.2) is 18.2 Å². The van der Waals surface area contributed by atoms with Crippen LogP contribution in [0.25, 0.3) is 0 Å². The maximum Gasteiger partial charge on any atom is 0.184 e. The molecule has 0 radical (unpaired) electrons. The van der Waals surface area contributed by atoms with Crippen molar-refractivity contribution in [1.29, 1.82) is 0 Å². The van der Waals surface area contributed by atoms with Crippen LogP contribution in [0.4, 0.5) is 0 Å². The number of halogens is 1. The molecule has 0 nitrogen and oxygen atoms in total. The predicted molar refractivity (Wildman–Crippen MR) is 72.7 cm³/mol. The van der Waals surface area contributed by atoms with Crippen molar-refractivity contribution in [1.82, 2.24) is 0 Å². The molecule has 0 N–H and O–H groups in total. The summed E-state index contributed by atoms with van der Waals surface area (Å²) in [6.45, 7) is 11.0. The number of rotatable bonds is 3. The van der Waals surface area contributed by atoms with Gasteiger partial charge in [-0.15, -0.1) is 0 Å². The SMILES string of the molecule is Cc1cc(C)cc([Si](C)(Cl)CC(C)C)c1. The second-order valence-corrected chi connectivity index (χ2v) is 11.1. The Hall–Kier alpha value is -0.273. The molecule has 1 unspecified atom stereocenters. The highest BCUT2D eigenvalue weighted by molar-refractivity contribution is 7.26. The molecule has 84 valence electrons. The lowest BCUT2D eigenvalue weighted by atomic mass is 10.2. The third-order valence-corrected chi connectivity index (χ3v) is 6.81. The van der Waals surface area contributed by atoms with Gasteiger partial charge in [0, 0.05) is 0 Å². The lowest BCUT2D eigenvalue weighted by Gasteiger charge is -2.23. The van der Waals surface area contributed by atoms with Gasteiger partial charge in [0.1, 0.15) is 0 Å². The fourth-order valence-corrected chi connectivity index (χ4v) is 6.24. The normalized spacial score (nSPS) is 15.4. The highest BCUT2D eigenvalue weighted by atomic mass is 35.6. The molecule has 0 heterocycles. The quantitative estimate of drug-likeness (QED) is 0.554. The highest BCUT2D eigenvalue weighted by Gasteiger charge is 2.28. The maximum atomic E-state index is 6.74. The zero-order chi connectivity index (χ0) is 11.6. The van der Waals surface area contributed by atoms with E-state index < -0.39 is 7.38 Å². The number of benzene rings is 1. The Morgan fingerprint density at radius 2 is 1.60 bits per heavy atom. The molecule has 0 spiro atoms. The van der Waals surface area contributed by atoms with Crippen molar-refractivity contribution in [3.05, 3.63) is 29.3 Å². The van der Waals surface area contributed by atoms with Crippen molar-refractivity contribution in [2.75, 3.05) is 0 Å². The van der Waals surface area contributed by atoms with Gasteiger partial charge >= 0.3 is 0 Å². The molecule has 0 saturated heterocycles. The van der Waals surface area contributed by atoms with Crippen LogP contribution >= 0.6 is 11.1 Å². The maximum absolute atomic E-state index is 6.74. The summed E-state index contributed by atoms with van der Waals surface area (Å²) < 4.78 is 0. The lowest BCUT2D eigenvalue weighted by molar-refractivity contribution is 0.726. The molecule has 0 aliphatic carbocycles. The first-order valence-corrected chi connectivity index (χ1v) is 9.31. The Labute approximate surface area is 99.4 Å². The standard InChI is InChI=1S/C13H21ClSi/c1-10(2)9-15(5,14)13-7-11(3)6-12(4)8-13/h6-8,10H,9H2,1-5H3. The Balaban J connectivity index is 3.03. The molecule has 15 heavy (non-hydrogen) atoms. The van der Waals surface area contributed by atoms with Gasteiger partial charge in [0.25, 0.3) is 0 Å². The van der Waals surface area contributed by atoms with Gasteiger partial charge in [-0.3, -0.25) is 0 Å². The van der Waals surface area contributed by atoms with Crippen LogP contribution in [0.1, 0.15) is 25.0 Å². The molecule has 0 aromatic heterocycles. The fourth-order valence-electron chi connectivity index (χ4n) is 2.16. The van der Waals surface area contributed by atoms with Crippen molar-refractivity contribution in [2.45, 2.75) is 40.3 Å². The first-order chi connectivity index (χ1) is 6.81. The van der Waals surface area contributed by atoms with E-state index >= 15 is 0 Å². The van der Waals surface area contributed by atoms with Gasteiger partial charge in [0.05, 0.1) is 0 Å². The van der Waals surface area contributed by atoms with Crippen LogP contribution in [0.2, 0.25) is 12.6 Å². The molecule has 2 heteroatoms. The van der Waals surface area contributed by atoms with Gasteiger partial charge < -0.3 is 0 Å². The highest BCUT2D eigenvalue weighted by Crippen LogP contribution is 2.21. The van der Waals surface area contributed by atoms with Gasteiger partial charge in [-0.05, 0) is 31.0 Å². The number of hydrogen-bond acceptors (Lipinski definition) is 0. The minimum absolute atomic E-state index is 0.681. The Morgan fingerprint density at radius 3 is 2.00 bits per heavy atom. The van der Waals surface area contributed by atoms with Crippen LogP contribution in [0.5, 0.6) is 0 Å². The predicted octanol–water partition coefficient (Wildman–Crippen LogP) is 3.98. The Kier molecular flexibility index (Phi) is 4.02. The summed E-state index contributed by atoms with van der Waals surface area (Å²) in [4.78, 5) is 0. The van der Waals surface area contributed by atoms with Crippen molar-refractivity contribution in [3.63, 3.8) is 0 Å². The second-order valence-electron chi connectivity index (χ2n) is 5.17. The van der Waals surface area contributed by atoms with E-state index in [2.05, 4.69) is 52.4 Å². The van der Waals surface area contributed by atoms with E-state index in [1.54, 1.807) is 0 Å². The van der Waals surface area contributed by atoms with Gasteiger partial charge in [-0.2, -0.15) is 11.1 Å². The van der Waals surface area contributed by atoms with E-state index in [-0.39, 0.29) is 0 Å². The monoisotopic (exact) mass is 240 g/mol. The Bertz CT molecular complexity index is 322. The number of hydrogen-bond donors (Lipinski definition) is 0. The van der Waals surface area contributed by atoms with E-state index in [4.69, 9.17) is 11.1 Å². The average molecular weight is 241 g/mol. The molecule has 0 saturated carbocycles. The van der Waals surface area contributed by atoms with Crippen LogP contribution in [-0.4, -0.2) is 7.38 Å². The molecule has 0 aliphatic rings. The molecular weight excluding hydrogens is 220 g/mol. The smallest absolute Gasteiger partial charge is 0.161 e. The fraction of sp³-hybridized carbons (Fsp3) is 0.538. The molecule has 1 aromatic carbocycles. The molecule has 1 aromatic rings. The van der Waals surface area contributed by atoms with Gasteiger partial charge in [-0.25, -0.2) is 0 Å². The molecule has 1 rings (SSSR count). The van der Waals surface area contributed by atoms with Crippen molar-refractivity contribution < 1.29 is 0 Å². The van der Waals surface area contributed by atoms with E-state index in [0.29, 0.717) is 5.92 Å². The average Bonchev–Trinajstić information content (AvgIpc) is 1.99. The van der Waals surface area contributed by atoms with Crippen LogP contribution in [-0.2, 0) is 0 Å². The third-order valence-electron chi connectivity index (χ3n) is 2.62. The lowest BCUT2D eigenvalue weighted by Crippen LogP contribution is -2.40. The van der Waals surface area contributed by atoms with E-state index in [1.807, 2.05) is 0 Å². The largest absolute Gasteiger partial charge is 0.184 e. The molecule has 1 atom stereocenters.